The molecule has 3 aliphatic rings. The summed E-state index contributed by atoms with van der Waals surface area (Å²) in [5.74, 6) is -3.23. The number of hydrogen-bond donors (Lipinski definition) is 9. The zero-order valence-electron chi connectivity index (χ0n) is 27.6. The standard InChI is InChI=1S/C30H52N4O14/c1-4-31-19(35)7-5-6-8-20(36)34-13-17(27(43)32-9-11-45-29-25(41)23(39)21(37)15(2)47-29)18(14-34)28(44)33-10-12-46-30-26(42)24(40)22(38)16(3)48-30/h15-18,21-26,29-30,37-42H,4-14H2,1-3H3,(H,31,35)(H,32,43)(H,33,44)/t15-,16-,17-,18+,21+,22+,23+,24+,25-,26-,29+,30+/m0/s1. The molecular formula is C30H52N4O14. The Morgan fingerprint density at radius 1 is 0.667 bits per heavy atom. The number of hydrogen-bond acceptors (Lipinski definition) is 14. The quantitative estimate of drug-likeness (QED) is 0.0693. The van der Waals surface area contributed by atoms with E-state index in [2.05, 4.69) is 16.0 Å². The summed E-state index contributed by atoms with van der Waals surface area (Å²) < 4.78 is 21.7. The summed E-state index contributed by atoms with van der Waals surface area (Å²) >= 11 is 0. The number of carbonyl (C=O) groups is 4. The van der Waals surface area contributed by atoms with Crippen LogP contribution < -0.4 is 16.0 Å². The van der Waals surface area contributed by atoms with E-state index >= 15 is 0 Å². The molecule has 4 amide bonds. The van der Waals surface area contributed by atoms with Crippen molar-refractivity contribution < 1.29 is 68.8 Å². The fourth-order valence-corrected chi connectivity index (χ4v) is 5.81. The van der Waals surface area contributed by atoms with Crippen LogP contribution in [0.3, 0.4) is 0 Å². The van der Waals surface area contributed by atoms with Crippen LogP contribution in [0.2, 0.25) is 0 Å². The minimum Gasteiger partial charge on any atom is -0.388 e. The van der Waals surface area contributed by atoms with Gasteiger partial charge >= 0.3 is 0 Å². The van der Waals surface area contributed by atoms with Crippen LogP contribution in [0.25, 0.3) is 0 Å². The Morgan fingerprint density at radius 3 is 1.54 bits per heavy atom. The highest BCUT2D eigenvalue weighted by Crippen LogP contribution is 2.26. The molecule has 0 aromatic heterocycles. The molecule has 276 valence electrons. The summed E-state index contributed by atoms with van der Waals surface area (Å²) in [4.78, 5) is 52.6. The van der Waals surface area contributed by atoms with E-state index in [-0.39, 0.29) is 64.0 Å². The van der Waals surface area contributed by atoms with Crippen molar-refractivity contribution in [1.82, 2.24) is 20.9 Å². The number of amides is 4. The van der Waals surface area contributed by atoms with E-state index in [1.165, 1.54) is 18.7 Å². The number of carbonyl (C=O) groups excluding carboxylic acids is 4. The van der Waals surface area contributed by atoms with E-state index in [1.54, 1.807) is 0 Å². The molecule has 48 heavy (non-hydrogen) atoms. The zero-order chi connectivity index (χ0) is 35.5. The summed E-state index contributed by atoms with van der Waals surface area (Å²) in [7, 11) is 0. The summed E-state index contributed by atoms with van der Waals surface area (Å²) in [5, 5.41) is 67.9. The first-order valence-electron chi connectivity index (χ1n) is 16.5. The van der Waals surface area contributed by atoms with Crippen LogP contribution in [-0.2, 0) is 38.1 Å². The highest BCUT2D eigenvalue weighted by molar-refractivity contribution is 5.90. The van der Waals surface area contributed by atoms with Gasteiger partial charge in [0, 0.05) is 45.6 Å². The lowest BCUT2D eigenvalue weighted by Gasteiger charge is -2.38. The van der Waals surface area contributed by atoms with Crippen molar-refractivity contribution >= 4 is 23.6 Å². The van der Waals surface area contributed by atoms with Crippen molar-refractivity contribution in [3.63, 3.8) is 0 Å². The zero-order valence-corrected chi connectivity index (χ0v) is 27.6. The molecule has 0 aromatic rings. The Balaban J connectivity index is 1.53. The lowest BCUT2D eigenvalue weighted by atomic mass is 9.94. The minimum atomic E-state index is -1.51. The van der Waals surface area contributed by atoms with E-state index in [0.29, 0.717) is 19.4 Å². The van der Waals surface area contributed by atoms with Gasteiger partial charge in [0.1, 0.15) is 36.6 Å². The molecule has 3 rings (SSSR count). The average molecular weight is 693 g/mol. The Kier molecular flexibility index (Phi) is 15.8. The van der Waals surface area contributed by atoms with Crippen molar-refractivity contribution in [2.45, 2.75) is 108 Å². The second kappa shape index (κ2) is 19.0. The number of unbranched alkanes of at least 4 members (excludes halogenated alkanes) is 1. The van der Waals surface area contributed by atoms with E-state index in [9.17, 15) is 49.8 Å². The molecule has 0 aliphatic carbocycles. The second-order valence-electron chi connectivity index (χ2n) is 12.4. The van der Waals surface area contributed by atoms with Crippen LogP contribution in [-0.4, -0.2) is 167 Å². The van der Waals surface area contributed by atoms with Crippen LogP contribution in [0.4, 0.5) is 0 Å². The van der Waals surface area contributed by atoms with Gasteiger partial charge in [-0.3, -0.25) is 19.2 Å². The molecule has 3 heterocycles. The number of aliphatic hydroxyl groups is 6. The van der Waals surface area contributed by atoms with E-state index < -0.39 is 85.1 Å². The first kappa shape index (κ1) is 39.9. The van der Waals surface area contributed by atoms with Gasteiger partial charge in [0.2, 0.25) is 23.6 Å². The minimum absolute atomic E-state index is 0.0251. The van der Waals surface area contributed by atoms with Gasteiger partial charge in [0.25, 0.3) is 0 Å². The maximum atomic E-state index is 13.3. The third-order valence-electron chi connectivity index (χ3n) is 8.75. The van der Waals surface area contributed by atoms with Gasteiger partial charge in [-0.15, -0.1) is 0 Å². The summed E-state index contributed by atoms with van der Waals surface area (Å²) in [6, 6.07) is 0. The smallest absolute Gasteiger partial charge is 0.225 e. The van der Waals surface area contributed by atoms with E-state index in [1.807, 2.05) is 6.92 Å². The highest BCUT2D eigenvalue weighted by Gasteiger charge is 2.45. The van der Waals surface area contributed by atoms with E-state index in [4.69, 9.17) is 18.9 Å². The largest absolute Gasteiger partial charge is 0.388 e. The molecule has 9 N–H and O–H groups in total. The Hall–Kier alpha value is -2.52. The number of nitrogens with zero attached hydrogens (tertiary/aromatic N) is 1. The summed E-state index contributed by atoms with van der Waals surface area (Å²) in [6.07, 6.45) is -11.2. The van der Waals surface area contributed by atoms with Gasteiger partial charge in [-0.25, -0.2) is 0 Å². The molecule has 3 saturated heterocycles. The normalized spacial score (nSPS) is 35.2. The molecule has 0 bridgehead atoms. The molecule has 0 radical (unpaired) electrons. The van der Waals surface area contributed by atoms with Gasteiger partial charge in [0.15, 0.2) is 12.6 Å². The molecular weight excluding hydrogens is 640 g/mol. The van der Waals surface area contributed by atoms with Crippen molar-refractivity contribution in [1.29, 1.82) is 0 Å². The highest BCUT2D eigenvalue weighted by atomic mass is 16.7. The molecule has 3 fully saturated rings. The molecule has 3 aliphatic heterocycles. The molecule has 0 unspecified atom stereocenters. The third-order valence-corrected chi connectivity index (χ3v) is 8.75. The molecule has 0 saturated carbocycles. The lowest BCUT2D eigenvalue weighted by molar-refractivity contribution is -0.292. The van der Waals surface area contributed by atoms with Gasteiger partial charge in [-0.05, 0) is 33.6 Å². The van der Waals surface area contributed by atoms with Gasteiger partial charge in [-0.1, -0.05) is 0 Å². The maximum absolute atomic E-state index is 13.3. The Morgan fingerprint density at radius 2 is 1.10 bits per heavy atom. The average Bonchev–Trinajstić information content (AvgIpc) is 3.52. The number of nitrogens with one attached hydrogen (secondary N) is 3. The van der Waals surface area contributed by atoms with Gasteiger partial charge in [-0.2, -0.15) is 0 Å². The monoisotopic (exact) mass is 692 g/mol. The second-order valence-corrected chi connectivity index (χ2v) is 12.4. The van der Waals surface area contributed by atoms with Crippen molar-refractivity contribution in [3.05, 3.63) is 0 Å². The Bertz CT molecular complexity index is 1010. The van der Waals surface area contributed by atoms with Crippen molar-refractivity contribution in [2.24, 2.45) is 11.8 Å². The molecule has 12 atom stereocenters. The van der Waals surface area contributed by atoms with Gasteiger partial charge < -0.3 is 70.4 Å². The van der Waals surface area contributed by atoms with E-state index in [0.717, 1.165) is 0 Å². The summed E-state index contributed by atoms with van der Waals surface area (Å²) in [5.41, 5.74) is 0. The van der Waals surface area contributed by atoms with Crippen LogP contribution in [0.1, 0.15) is 46.5 Å². The topological polar surface area (TPSA) is 266 Å². The van der Waals surface area contributed by atoms with Gasteiger partial charge in [0.05, 0.1) is 37.3 Å². The van der Waals surface area contributed by atoms with Crippen LogP contribution in [0.5, 0.6) is 0 Å². The third kappa shape index (κ3) is 10.7. The predicted octanol–water partition coefficient (Wildman–Crippen LogP) is -4.32. The molecule has 0 spiro atoms. The van der Waals surface area contributed by atoms with Crippen LogP contribution in [0, 0.1) is 11.8 Å². The first-order chi connectivity index (χ1) is 22.8. The van der Waals surface area contributed by atoms with Crippen molar-refractivity contribution in [2.75, 3.05) is 45.9 Å². The number of likely N-dealkylation sites (tertiary alicyclic amines) is 1. The van der Waals surface area contributed by atoms with Crippen LogP contribution >= 0.6 is 0 Å². The number of ether oxygens (including phenoxy) is 4. The maximum Gasteiger partial charge on any atom is 0.225 e. The number of rotatable bonds is 16. The molecule has 0 aromatic carbocycles. The lowest BCUT2D eigenvalue weighted by Crippen LogP contribution is -2.57. The van der Waals surface area contributed by atoms with Crippen molar-refractivity contribution in [3.8, 4) is 0 Å². The predicted molar refractivity (Wildman–Crippen MR) is 163 cm³/mol. The fourth-order valence-electron chi connectivity index (χ4n) is 5.81. The Labute approximate surface area is 279 Å². The summed E-state index contributed by atoms with van der Waals surface area (Å²) in [6.45, 7) is 4.95. The molecule has 18 nitrogen and oxygen atoms in total. The SMILES string of the molecule is CCNC(=O)CCCCC(=O)N1C[C@H](C(=O)NCCO[C@@H]2O[C@@H](C)[C@@H](O)[C@@H](O)[C@@H]2O)[C@H](C(=O)NCCO[C@@H]2O[C@@H](C)[C@@H](O)[C@@H](O)[C@@H]2O)C1. The molecule has 18 heteroatoms. The van der Waals surface area contributed by atoms with Crippen LogP contribution in [0.15, 0.2) is 0 Å². The fraction of sp³-hybridized carbons (Fsp3) is 0.867. The first-order valence-corrected chi connectivity index (χ1v) is 16.5. The number of aliphatic hydroxyl groups excluding tert-OH is 6.